The van der Waals surface area contributed by atoms with E-state index in [0.717, 1.165) is 0 Å². The fourth-order valence-corrected chi connectivity index (χ4v) is 0.891. The van der Waals surface area contributed by atoms with Crippen LogP contribution in [-0.4, -0.2) is 28.7 Å². The second-order valence-corrected chi connectivity index (χ2v) is 4.62. The Morgan fingerprint density at radius 2 is 1.83 bits per heavy atom. The monoisotopic (exact) mass is 196 g/mol. The van der Waals surface area contributed by atoms with Crippen molar-refractivity contribution in [3.8, 4) is 0 Å². The Hall–Kier alpha value is 0.200. The van der Waals surface area contributed by atoms with Gasteiger partial charge in [-0.2, -0.15) is 3.89 Å². The molecule has 0 aliphatic carbocycles. The molecule has 0 heterocycles. The van der Waals surface area contributed by atoms with Crippen LogP contribution in [0.4, 0.5) is 3.89 Å². The van der Waals surface area contributed by atoms with E-state index in [1.807, 2.05) is 0 Å². The van der Waals surface area contributed by atoms with Crippen LogP contribution >= 0.6 is 12.1 Å². The first-order valence-electron chi connectivity index (χ1n) is 3.87. The summed E-state index contributed by atoms with van der Waals surface area (Å²) in [4.78, 5) is 0. The zero-order chi connectivity index (χ0) is 9.83. The quantitative estimate of drug-likeness (QED) is 0.730. The molecule has 0 atom stereocenters. The Morgan fingerprint density at radius 3 is 2.17 bits per heavy atom. The molecule has 1 N–H and O–H groups in total. The van der Waals surface area contributed by atoms with Crippen LogP contribution in [0, 0.1) is 0 Å². The number of rotatable bonds is 5. The molecule has 0 saturated carbocycles. The van der Waals surface area contributed by atoms with Gasteiger partial charge in [0.25, 0.3) is 0 Å². The topological polar surface area (TPSA) is 29.5 Å². The van der Waals surface area contributed by atoms with Gasteiger partial charge in [0.2, 0.25) is 0 Å². The molecule has 0 aromatic carbocycles. The average molecular weight is 196 g/mol. The van der Waals surface area contributed by atoms with Gasteiger partial charge in [0.05, 0.1) is 23.6 Å². The van der Waals surface area contributed by atoms with E-state index in [2.05, 4.69) is 0 Å². The first-order valence-corrected chi connectivity index (χ1v) is 4.75. The fourth-order valence-electron chi connectivity index (χ4n) is 0.545. The van der Waals surface area contributed by atoms with Crippen molar-refractivity contribution >= 4 is 12.1 Å². The minimum absolute atomic E-state index is 0.223. The van der Waals surface area contributed by atoms with Gasteiger partial charge >= 0.3 is 0 Å². The first kappa shape index (κ1) is 12.2. The first-order chi connectivity index (χ1) is 5.27. The summed E-state index contributed by atoms with van der Waals surface area (Å²) in [5, 5.41) is 9.32. The molecule has 4 heteroatoms. The minimum atomic E-state index is -0.849. The third kappa shape index (κ3) is 6.88. The molecule has 0 bridgehead atoms. The molecule has 0 aromatic heterocycles. The van der Waals surface area contributed by atoms with E-state index in [1.54, 1.807) is 27.7 Å². The van der Waals surface area contributed by atoms with Crippen molar-refractivity contribution in [2.45, 2.75) is 38.9 Å². The van der Waals surface area contributed by atoms with Crippen molar-refractivity contribution in [2.75, 3.05) is 12.4 Å². The zero-order valence-corrected chi connectivity index (χ0v) is 8.87. The highest BCUT2D eigenvalue weighted by Gasteiger charge is 2.23. The second kappa shape index (κ2) is 4.44. The Morgan fingerprint density at radius 1 is 1.33 bits per heavy atom. The number of hydrogen-bond acceptors (Lipinski definition) is 3. The minimum Gasteiger partial charge on any atom is -0.388 e. The van der Waals surface area contributed by atoms with Crippen LogP contribution in [-0.2, 0) is 4.74 Å². The van der Waals surface area contributed by atoms with Crippen molar-refractivity contribution in [1.82, 2.24) is 0 Å². The van der Waals surface area contributed by atoms with E-state index in [0.29, 0.717) is 0 Å². The molecule has 0 spiro atoms. The molecule has 0 aliphatic rings. The molecule has 2 nitrogen and oxygen atoms in total. The summed E-state index contributed by atoms with van der Waals surface area (Å²) in [5.74, 6) is 0.281. The van der Waals surface area contributed by atoms with Crippen molar-refractivity contribution in [3.63, 3.8) is 0 Å². The van der Waals surface area contributed by atoms with Crippen LogP contribution in [0.25, 0.3) is 0 Å². The van der Waals surface area contributed by atoms with Gasteiger partial charge in [-0.05, 0) is 27.7 Å². The molecule has 0 rings (SSSR count). The summed E-state index contributed by atoms with van der Waals surface area (Å²) in [6.07, 6.45) is 0. The summed E-state index contributed by atoms with van der Waals surface area (Å²) in [5.41, 5.74) is -1.36. The Kier molecular flexibility index (Phi) is 4.51. The van der Waals surface area contributed by atoms with Gasteiger partial charge in [-0.3, -0.25) is 0 Å². The Balaban J connectivity index is 3.75. The molecule has 0 amide bonds. The predicted octanol–water partition coefficient (Wildman–Crippen LogP) is 2.17. The van der Waals surface area contributed by atoms with Crippen LogP contribution in [0.15, 0.2) is 0 Å². The summed E-state index contributed by atoms with van der Waals surface area (Å²) in [6.45, 7) is 7.13. The summed E-state index contributed by atoms with van der Waals surface area (Å²) >= 11 is 0.253. The highest BCUT2D eigenvalue weighted by atomic mass is 32.2. The number of aliphatic hydroxyl groups is 1. The maximum atomic E-state index is 11.9. The molecule has 74 valence electrons. The Bertz CT molecular complexity index is 132. The zero-order valence-electron chi connectivity index (χ0n) is 8.06. The van der Waals surface area contributed by atoms with Crippen LogP contribution in [0.2, 0.25) is 0 Å². The molecular formula is C8H17FO2S. The van der Waals surface area contributed by atoms with Gasteiger partial charge in [-0.1, -0.05) is 0 Å². The standard InChI is InChI=1S/C8H17FO2S/c1-7(2,10)5-11-8(3,4)6-12-9/h10H,5-6H2,1-4H3. The van der Waals surface area contributed by atoms with Crippen molar-refractivity contribution in [1.29, 1.82) is 0 Å². The number of halogens is 1. The van der Waals surface area contributed by atoms with Crippen LogP contribution in [0.1, 0.15) is 27.7 Å². The van der Waals surface area contributed by atoms with Crippen LogP contribution in [0.3, 0.4) is 0 Å². The lowest BCUT2D eigenvalue weighted by Crippen LogP contribution is -2.35. The lowest BCUT2D eigenvalue weighted by molar-refractivity contribution is -0.0808. The lowest BCUT2D eigenvalue weighted by Gasteiger charge is -2.27. The van der Waals surface area contributed by atoms with Gasteiger partial charge in [0.1, 0.15) is 0 Å². The van der Waals surface area contributed by atoms with Crippen LogP contribution < -0.4 is 0 Å². The van der Waals surface area contributed by atoms with E-state index < -0.39 is 11.2 Å². The summed E-state index contributed by atoms with van der Waals surface area (Å²) < 4.78 is 17.2. The van der Waals surface area contributed by atoms with E-state index in [-0.39, 0.29) is 24.5 Å². The van der Waals surface area contributed by atoms with Gasteiger partial charge in [0, 0.05) is 12.1 Å². The predicted molar refractivity (Wildman–Crippen MR) is 49.9 cm³/mol. The SMILES string of the molecule is CC(C)(O)COC(C)(C)CSF. The smallest absolute Gasteiger partial charge is 0.0824 e. The lowest BCUT2D eigenvalue weighted by atomic mass is 10.1. The summed E-state index contributed by atoms with van der Waals surface area (Å²) in [6, 6.07) is 0. The third-order valence-corrected chi connectivity index (χ3v) is 2.02. The van der Waals surface area contributed by atoms with E-state index in [4.69, 9.17) is 4.74 Å². The third-order valence-electron chi connectivity index (χ3n) is 1.22. The average Bonchev–Trinajstić information content (AvgIpc) is 1.83. The second-order valence-electron chi connectivity index (χ2n) is 4.11. The molecule has 0 fully saturated rings. The largest absolute Gasteiger partial charge is 0.388 e. The molecule has 0 aliphatic heterocycles. The molecular weight excluding hydrogens is 179 g/mol. The Labute approximate surface area is 77.8 Å². The van der Waals surface area contributed by atoms with Gasteiger partial charge in [-0.25, -0.2) is 0 Å². The molecule has 0 saturated heterocycles. The molecule has 0 aromatic rings. The normalized spacial score (nSPS) is 13.5. The van der Waals surface area contributed by atoms with E-state index in [1.165, 1.54) is 0 Å². The van der Waals surface area contributed by atoms with Crippen molar-refractivity contribution in [3.05, 3.63) is 0 Å². The summed E-state index contributed by atoms with van der Waals surface area (Å²) in [7, 11) is 0. The maximum absolute atomic E-state index is 11.9. The van der Waals surface area contributed by atoms with Crippen molar-refractivity contribution in [2.24, 2.45) is 0 Å². The molecule has 12 heavy (non-hydrogen) atoms. The van der Waals surface area contributed by atoms with Gasteiger partial charge in [0.15, 0.2) is 0 Å². The molecule has 0 radical (unpaired) electrons. The van der Waals surface area contributed by atoms with E-state index in [9.17, 15) is 8.99 Å². The van der Waals surface area contributed by atoms with Crippen molar-refractivity contribution < 1.29 is 13.7 Å². The highest BCUT2D eigenvalue weighted by molar-refractivity contribution is 7.94. The molecule has 0 unspecified atom stereocenters. The van der Waals surface area contributed by atoms with Gasteiger partial charge in [-0.15, -0.1) is 0 Å². The number of ether oxygens (including phenoxy) is 1. The maximum Gasteiger partial charge on any atom is 0.0824 e. The highest BCUT2D eigenvalue weighted by Crippen LogP contribution is 2.19. The van der Waals surface area contributed by atoms with Gasteiger partial charge < -0.3 is 9.84 Å². The van der Waals surface area contributed by atoms with Crippen LogP contribution in [0.5, 0.6) is 0 Å². The fraction of sp³-hybridized carbons (Fsp3) is 1.00. The number of hydrogen-bond donors (Lipinski definition) is 1. The van der Waals surface area contributed by atoms with E-state index >= 15 is 0 Å².